The van der Waals surface area contributed by atoms with Crippen molar-refractivity contribution in [3.05, 3.63) is 58.1 Å². The molecule has 4 nitrogen and oxygen atoms in total. The van der Waals surface area contributed by atoms with E-state index in [1.165, 1.54) is 6.21 Å². The van der Waals surface area contributed by atoms with Gasteiger partial charge in [-0.25, -0.2) is 10.2 Å². The maximum atomic E-state index is 10.6. The van der Waals surface area contributed by atoms with Crippen LogP contribution in [0, 0.1) is 0 Å². The van der Waals surface area contributed by atoms with Gasteiger partial charge in [0.2, 0.25) is 0 Å². The molecular weight excluding hydrogens is 297 g/mol. The molecule has 0 saturated carbocycles. The minimum Gasteiger partial charge on any atom is -0.350 e. The van der Waals surface area contributed by atoms with E-state index in [0.717, 1.165) is 16.7 Å². The Labute approximate surface area is 126 Å². The maximum absolute atomic E-state index is 10.6. The first kappa shape index (κ1) is 14.4. The summed E-state index contributed by atoms with van der Waals surface area (Å²) < 4.78 is 0. The number of carbonyl (C=O) groups excluding carboxylic acids is 1. The molecule has 0 aliphatic carbocycles. The number of hydrazone groups is 1. The molecule has 2 amide bonds. The molecule has 0 aromatic heterocycles. The normalized spacial score (nSPS) is 10.7. The molecule has 0 atom stereocenters. The number of halogens is 2. The molecule has 0 bridgehead atoms. The van der Waals surface area contributed by atoms with E-state index in [-0.39, 0.29) is 0 Å². The van der Waals surface area contributed by atoms with E-state index in [0.29, 0.717) is 10.0 Å². The Bertz CT molecular complexity index is 671. The fraction of sp³-hybridized carbons (Fsp3) is 0. The summed E-state index contributed by atoms with van der Waals surface area (Å²) in [4.78, 5) is 10.6. The monoisotopic (exact) mass is 307 g/mol. The Morgan fingerprint density at radius 1 is 1.15 bits per heavy atom. The molecule has 0 spiro atoms. The SMILES string of the molecule is NC(=O)NN=Cc1ccccc1-c1ccc(Cl)c(Cl)c1. The summed E-state index contributed by atoms with van der Waals surface area (Å²) in [6.45, 7) is 0. The molecule has 2 aromatic carbocycles. The number of hydrogen-bond acceptors (Lipinski definition) is 2. The largest absolute Gasteiger partial charge is 0.350 e. The predicted octanol–water partition coefficient (Wildman–Crippen LogP) is 3.66. The van der Waals surface area contributed by atoms with Crippen LogP contribution in [0.2, 0.25) is 10.0 Å². The second-order valence-corrected chi connectivity index (χ2v) is 4.76. The van der Waals surface area contributed by atoms with Gasteiger partial charge in [-0.2, -0.15) is 5.10 Å². The van der Waals surface area contributed by atoms with Crippen molar-refractivity contribution in [2.24, 2.45) is 10.8 Å². The molecule has 6 heteroatoms. The Morgan fingerprint density at radius 2 is 1.90 bits per heavy atom. The fourth-order valence-corrected chi connectivity index (χ4v) is 2.00. The van der Waals surface area contributed by atoms with Crippen LogP contribution in [0.25, 0.3) is 11.1 Å². The van der Waals surface area contributed by atoms with Crippen molar-refractivity contribution in [1.29, 1.82) is 0 Å². The van der Waals surface area contributed by atoms with Crippen molar-refractivity contribution in [1.82, 2.24) is 5.43 Å². The number of primary amides is 1. The third kappa shape index (κ3) is 3.50. The van der Waals surface area contributed by atoms with Crippen LogP contribution in [0.15, 0.2) is 47.6 Å². The van der Waals surface area contributed by atoms with Gasteiger partial charge in [-0.3, -0.25) is 0 Å². The molecule has 20 heavy (non-hydrogen) atoms. The van der Waals surface area contributed by atoms with Crippen LogP contribution in [-0.2, 0) is 0 Å². The lowest BCUT2D eigenvalue weighted by molar-refractivity contribution is 0.249. The molecule has 2 rings (SSSR count). The Hall–Kier alpha value is -2.04. The Balaban J connectivity index is 2.38. The smallest absolute Gasteiger partial charge is 0.332 e. The topological polar surface area (TPSA) is 67.5 Å². The highest BCUT2D eigenvalue weighted by molar-refractivity contribution is 6.42. The molecule has 0 fully saturated rings. The van der Waals surface area contributed by atoms with Crippen LogP contribution in [0.5, 0.6) is 0 Å². The highest BCUT2D eigenvalue weighted by atomic mass is 35.5. The molecule has 0 unspecified atom stereocenters. The van der Waals surface area contributed by atoms with Gasteiger partial charge < -0.3 is 5.73 Å². The third-order valence-corrected chi connectivity index (χ3v) is 3.31. The molecule has 0 radical (unpaired) electrons. The number of nitrogens with one attached hydrogen (secondary N) is 1. The van der Waals surface area contributed by atoms with E-state index < -0.39 is 6.03 Å². The number of benzene rings is 2. The summed E-state index contributed by atoms with van der Waals surface area (Å²) in [5, 5.41) is 4.73. The Kier molecular flexibility index (Phi) is 4.61. The van der Waals surface area contributed by atoms with Crippen LogP contribution in [0.4, 0.5) is 4.79 Å². The molecule has 0 heterocycles. The summed E-state index contributed by atoms with van der Waals surface area (Å²) >= 11 is 11.9. The van der Waals surface area contributed by atoms with Crippen molar-refractivity contribution in [3.63, 3.8) is 0 Å². The highest BCUT2D eigenvalue weighted by Gasteiger charge is 2.05. The van der Waals surface area contributed by atoms with Gasteiger partial charge >= 0.3 is 6.03 Å². The van der Waals surface area contributed by atoms with Crippen LogP contribution in [0.1, 0.15) is 5.56 Å². The zero-order chi connectivity index (χ0) is 14.5. The van der Waals surface area contributed by atoms with Gasteiger partial charge in [-0.15, -0.1) is 0 Å². The van der Waals surface area contributed by atoms with E-state index in [1.54, 1.807) is 12.1 Å². The fourth-order valence-electron chi connectivity index (χ4n) is 1.70. The second-order valence-electron chi connectivity index (χ2n) is 3.95. The van der Waals surface area contributed by atoms with Gasteiger partial charge in [0.1, 0.15) is 0 Å². The summed E-state index contributed by atoms with van der Waals surface area (Å²) in [5.74, 6) is 0. The summed E-state index contributed by atoms with van der Waals surface area (Å²) in [6, 6.07) is 12.2. The molecule has 3 N–H and O–H groups in total. The molecular formula is C14H11Cl2N3O. The number of nitrogens with two attached hydrogens (primary N) is 1. The lowest BCUT2D eigenvalue weighted by Gasteiger charge is -2.07. The van der Waals surface area contributed by atoms with E-state index >= 15 is 0 Å². The average Bonchev–Trinajstić information content (AvgIpc) is 2.42. The third-order valence-electron chi connectivity index (χ3n) is 2.57. The van der Waals surface area contributed by atoms with Crippen molar-refractivity contribution in [3.8, 4) is 11.1 Å². The lowest BCUT2D eigenvalue weighted by atomic mass is 10.0. The van der Waals surface area contributed by atoms with E-state index in [4.69, 9.17) is 28.9 Å². The first-order valence-corrected chi connectivity index (χ1v) is 6.46. The first-order valence-electron chi connectivity index (χ1n) is 5.71. The van der Waals surface area contributed by atoms with Crippen molar-refractivity contribution in [2.45, 2.75) is 0 Å². The Morgan fingerprint density at radius 3 is 2.60 bits per heavy atom. The second kappa shape index (κ2) is 6.41. The van der Waals surface area contributed by atoms with Crippen molar-refractivity contribution >= 4 is 35.4 Å². The standard InChI is InChI=1S/C14H11Cl2N3O/c15-12-6-5-9(7-13(12)16)11-4-2-1-3-10(11)8-18-19-14(17)20/h1-8H,(H3,17,19,20). The van der Waals surface area contributed by atoms with Crippen LogP contribution < -0.4 is 11.2 Å². The van der Waals surface area contributed by atoms with E-state index in [9.17, 15) is 4.79 Å². The highest BCUT2D eigenvalue weighted by Crippen LogP contribution is 2.29. The number of hydrogen-bond donors (Lipinski definition) is 2. The molecule has 2 aromatic rings. The van der Waals surface area contributed by atoms with E-state index in [1.807, 2.05) is 30.3 Å². The maximum Gasteiger partial charge on any atom is 0.332 e. The van der Waals surface area contributed by atoms with Gasteiger partial charge in [-0.1, -0.05) is 53.5 Å². The summed E-state index contributed by atoms with van der Waals surface area (Å²) in [7, 11) is 0. The average molecular weight is 308 g/mol. The van der Waals surface area contributed by atoms with Crippen molar-refractivity contribution in [2.75, 3.05) is 0 Å². The number of carbonyl (C=O) groups is 1. The molecule has 0 aliphatic rings. The lowest BCUT2D eigenvalue weighted by Crippen LogP contribution is -2.24. The molecule has 102 valence electrons. The summed E-state index contributed by atoms with van der Waals surface area (Å²) in [6.07, 6.45) is 1.52. The van der Waals surface area contributed by atoms with Gasteiger partial charge in [-0.05, 0) is 23.3 Å². The first-order chi connectivity index (χ1) is 9.58. The van der Waals surface area contributed by atoms with E-state index in [2.05, 4.69) is 10.5 Å². The molecule has 0 saturated heterocycles. The number of amides is 2. The van der Waals surface area contributed by atoms with Crippen LogP contribution >= 0.6 is 23.2 Å². The van der Waals surface area contributed by atoms with Gasteiger partial charge in [0, 0.05) is 5.56 Å². The zero-order valence-corrected chi connectivity index (χ0v) is 11.8. The number of urea groups is 1. The van der Waals surface area contributed by atoms with Gasteiger partial charge in [0.05, 0.1) is 16.3 Å². The predicted molar refractivity (Wildman–Crippen MR) is 82.2 cm³/mol. The minimum atomic E-state index is -0.715. The zero-order valence-electron chi connectivity index (χ0n) is 10.3. The minimum absolute atomic E-state index is 0.478. The summed E-state index contributed by atoms with van der Waals surface area (Å²) in [5.41, 5.74) is 9.74. The van der Waals surface area contributed by atoms with Gasteiger partial charge in [0.25, 0.3) is 0 Å². The van der Waals surface area contributed by atoms with Crippen molar-refractivity contribution < 1.29 is 4.79 Å². The van der Waals surface area contributed by atoms with Crippen LogP contribution in [-0.4, -0.2) is 12.2 Å². The quantitative estimate of drug-likeness (QED) is 0.659. The number of nitrogens with zero attached hydrogens (tertiary/aromatic N) is 1. The van der Waals surface area contributed by atoms with Crippen LogP contribution in [0.3, 0.4) is 0 Å². The molecule has 0 aliphatic heterocycles. The number of rotatable bonds is 3. The van der Waals surface area contributed by atoms with Gasteiger partial charge in [0.15, 0.2) is 0 Å².